The number of hydrogen-bond donors (Lipinski definition) is 0. The Bertz CT molecular complexity index is 932. The average Bonchev–Trinajstić information content (AvgIpc) is 3.12. The molecule has 0 amide bonds. The van der Waals surface area contributed by atoms with Crippen molar-refractivity contribution in [3.63, 3.8) is 0 Å². The minimum atomic E-state index is 0.0390. The van der Waals surface area contributed by atoms with Crippen LogP contribution >= 0.6 is 22.9 Å². The van der Waals surface area contributed by atoms with Gasteiger partial charge in [0.05, 0.1) is 23.3 Å². The van der Waals surface area contributed by atoms with Crippen LogP contribution in [0.25, 0.3) is 10.2 Å². The fourth-order valence-corrected chi connectivity index (χ4v) is 4.40. The van der Waals surface area contributed by atoms with E-state index in [-0.39, 0.29) is 5.56 Å². The fourth-order valence-electron chi connectivity index (χ4n) is 2.99. The molecule has 4 rings (SSSR count). The van der Waals surface area contributed by atoms with Crippen molar-refractivity contribution < 1.29 is 4.74 Å². The molecule has 0 aliphatic heterocycles. The van der Waals surface area contributed by atoms with Gasteiger partial charge >= 0.3 is 0 Å². The van der Waals surface area contributed by atoms with E-state index in [1.165, 1.54) is 10.4 Å². The molecule has 0 bridgehead atoms. The molecule has 1 aliphatic carbocycles. The topological polar surface area (TPSA) is 44.1 Å². The third-order valence-corrected chi connectivity index (χ3v) is 5.63. The normalized spacial score (nSPS) is 13.4. The molecule has 0 N–H and O–H groups in total. The van der Waals surface area contributed by atoms with Crippen molar-refractivity contribution in [2.45, 2.75) is 25.8 Å². The summed E-state index contributed by atoms with van der Waals surface area (Å²) in [5.41, 5.74) is 1.25. The summed E-state index contributed by atoms with van der Waals surface area (Å²) in [4.78, 5) is 19.3. The molecular formula is C17H15ClN2O2S. The van der Waals surface area contributed by atoms with Crippen molar-refractivity contribution in [2.24, 2.45) is 0 Å². The Morgan fingerprint density at radius 2 is 2.17 bits per heavy atom. The summed E-state index contributed by atoms with van der Waals surface area (Å²) in [6.07, 6.45) is 4.82. The van der Waals surface area contributed by atoms with Gasteiger partial charge < -0.3 is 4.74 Å². The predicted molar refractivity (Wildman–Crippen MR) is 92.9 cm³/mol. The smallest absolute Gasteiger partial charge is 0.262 e. The number of para-hydroxylation sites is 1. The number of hydrogen-bond acceptors (Lipinski definition) is 4. The molecule has 1 aliphatic rings. The van der Waals surface area contributed by atoms with Crippen molar-refractivity contribution in [3.05, 3.63) is 56.4 Å². The average molecular weight is 347 g/mol. The molecule has 2 aromatic heterocycles. The van der Waals surface area contributed by atoms with Gasteiger partial charge in [-0.1, -0.05) is 23.7 Å². The minimum absolute atomic E-state index is 0.0390. The highest BCUT2D eigenvalue weighted by atomic mass is 35.5. The quantitative estimate of drug-likeness (QED) is 0.723. The SMILES string of the molecule is O=c1c2c3c(sc2ncn1CCOc1ccccc1Cl)CCC3. The van der Waals surface area contributed by atoms with Gasteiger partial charge in [-0.2, -0.15) is 0 Å². The summed E-state index contributed by atoms with van der Waals surface area (Å²) in [7, 11) is 0. The Labute approximate surface area is 142 Å². The molecule has 0 spiro atoms. The van der Waals surface area contributed by atoms with Gasteiger partial charge in [-0.15, -0.1) is 11.3 Å². The van der Waals surface area contributed by atoms with Crippen LogP contribution in [0.15, 0.2) is 35.4 Å². The van der Waals surface area contributed by atoms with E-state index < -0.39 is 0 Å². The Hall–Kier alpha value is -1.85. The van der Waals surface area contributed by atoms with E-state index in [1.54, 1.807) is 28.3 Å². The molecule has 118 valence electrons. The Morgan fingerprint density at radius 3 is 3.04 bits per heavy atom. The highest BCUT2D eigenvalue weighted by Crippen LogP contribution is 2.34. The molecule has 0 saturated carbocycles. The first-order valence-electron chi connectivity index (χ1n) is 7.61. The monoisotopic (exact) mass is 346 g/mol. The molecule has 23 heavy (non-hydrogen) atoms. The van der Waals surface area contributed by atoms with Crippen molar-refractivity contribution in [1.82, 2.24) is 9.55 Å². The van der Waals surface area contributed by atoms with Crippen molar-refractivity contribution in [3.8, 4) is 5.75 Å². The van der Waals surface area contributed by atoms with E-state index in [4.69, 9.17) is 16.3 Å². The van der Waals surface area contributed by atoms with Crippen molar-refractivity contribution in [1.29, 1.82) is 0 Å². The van der Waals surface area contributed by atoms with E-state index in [0.717, 1.165) is 29.5 Å². The number of thiophene rings is 1. The van der Waals surface area contributed by atoms with Gasteiger partial charge in [0, 0.05) is 4.88 Å². The lowest BCUT2D eigenvalue weighted by Crippen LogP contribution is -2.23. The van der Waals surface area contributed by atoms with Crippen LogP contribution in [0.4, 0.5) is 0 Å². The molecule has 4 nitrogen and oxygen atoms in total. The van der Waals surface area contributed by atoms with Gasteiger partial charge in [0.25, 0.3) is 5.56 Å². The number of benzene rings is 1. The summed E-state index contributed by atoms with van der Waals surface area (Å²) < 4.78 is 7.29. The van der Waals surface area contributed by atoms with Gasteiger partial charge in [0.15, 0.2) is 0 Å². The summed E-state index contributed by atoms with van der Waals surface area (Å²) in [6.45, 7) is 0.834. The third-order valence-electron chi connectivity index (χ3n) is 4.12. The third kappa shape index (κ3) is 2.64. The lowest BCUT2D eigenvalue weighted by Gasteiger charge is -2.09. The molecule has 0 saturated heterocycles. The first-order chi connectivity index (χ1) is 11.2. The molecule has 0 unspecified atom stereocenters. The van der Waals surface area contributed by atoms with Gasteiger partial charge in [-0.3, -0.25) is 9.36 Å². The Kier molecular flexibility index (Phi) is 3.83. The van der Waals surface area contributed by atoms with Gasteiger partial charge in [-0.05, 0) is 37.0 Å². The van der Waals surface area contributed by atoms with E-state index in [1.807, 2.05) is 18.2 Å². The maximum atomic E-state index is 12.7. The van der Waals surface area contributed by atoms with Crippen LogP contribution in [0, 0.1) is 0 Å². The highest BCUT2D eigenvalue weighted by molar-refractivity contribution is 7.18. The minimum Gasteiger partial charge on any atom is -0.490 e. The molecule has 2 heterocycles. The summed E-state index contributed by atoms with van der Waals surface area (Å²) in [5, 5.41) is 1.38. The lowest BCUT2D eigenvalue weighted by atomic mass is 10.2. The number of ether oxygens (including phenoxy) is 1. The number of aromatic nitrogens is 2. The lowest BCUT2D eigenvalue weighted by molar-refractivity contribution is 0.296. The first kappa shape index (κ1) is 14.7. The van der Waals surface area contributed by atoms with Crippen LogP contribution in [-0.4, -0.2) is 16.2 Å². The van der Waals surface area contributed by atoms with Gasteiger partial charge in [0.1, 0.15) is 17.2 Å². The van der Waals surface area contributed by atoms with Crippen molar-refractivity contribution in [2.75, 3.05) is 6.61 Å². The van der Waals surface area contributed by atoms with Crippen LogP contribution in [0.5, 0.6) is 5.75 Å². The van der Waals surface area contributed by atoms with Crippen LogP contribution in [0.1, 0.15) is 16.9 Å². The second-order valence-electron chi connectivity index (χ2n) is 5.56. The van der Waals surface area contributed by atoms with Crippen LogP contribution < -0.4 is 10.3 Å². The van der Waals surface area contributed by atoms with E-state index >= 15 is 0 Å². The number of aryl methyl sites for hydroxylation is 2. The Balaban J connectivity index is 1.57. The molecule has 1 aromatic carbocycles. The summed E-state index contributed by atoms with van der Waals surface area (Å²) >= 11 is 7.72. The largest absolute Gasteiger partial charge is 0.490 e. The predicted octanol–water partition coefficient (Wildman–Crippen LogP) is 3.68. The Morgan fingerprint density at radius 1 is 1.30 bits per heavy atom. The second kappa shape index (κ2) is 5.98. The maximum absolute atomic E-state index is 12.7. The van der Waals surface area contributed by atoms with Crippen molar-refractivity contribution >= 4 is 33.2 Å². The number of fused-ring (bicyclic) bond motifs is 3. The van der Waals surface area contributed by atoms with Crippen LogP contribution in [0.3, 0.4) is 0 Å². The molecule has 0 radical (unpaired) electrons. The molecular weight excluding hydrogens is 332 g/mol. The number of rotatable bonds is 4. The zero-order valence-corrected chi connectivity index (χ0v) is 14.0. The van der Waals surface area contributed by atoms with Crippen LogP contribution in [-0.2, 0) is 19.4 Å². The fraction of sp³-hybridized carbons (Fsp3) is 0.294. The maximum Gasteiger partial charge on any atom is 0.262 e. The number of halogens is 1. The summed E-state index contributed by atoms with van der Waals surface area (Å²) in [6, 6.07) is 7.33. The van der Waals surface area contributed by atoms with E-state index in [0.29, 0.717) is 23.9 Å². The molecule has 0 atom stereocenters. The zero-order chi connectivity index (χ0) is 15.8. The van der Waals surface area contributed by atoms with Crippen LogP contribution in [0.2, 0.25) is 5.02 Å². The van der Waals surface area contributed by atoms with Gasteiger partial charge in [0.2, 0.25) is 0 Å². The first-order valence-corrected chi connectivity index (χ1v) is 8.80. The highest BCUT2D eigenvalue weighted by Gasteiger charge is 2.21. The van der Waals surface area contributed by atoms with Gasteiger partial charge in [-0.25, -0.2) is 4.98 Å². The van der Waals surface area contributed by atoms with E-state index in [2.05, 4.69) is 4.98 Å². The second-order valence-corrected chi connectivity index (χ2v) is 7.05. The zero-order valence-electron chi connectivity index (χ0n) is 12.4. The van der Waals surface area contributed by atoms with E-state index in [9.17, 15) is 4.79 Å². The number of nitrogens with zero attached hydrogens (tertiary/aromatic N) is 2. The molecule has 3 aromatic rings. The standard InChI is InChI=1S/C17H15ClN2O2S/c18-12-5-1-2-6-13(12)22-9-8-20-10-19-16-15(17(20)21)11-4-3-7-14(11)23-16/h1-2,5-6,10H,3-4,7-9H2. The molecule has 0 fully saturated rings. The summed E-state index contributed by atoms with van der Waals surface area (Å²) in [5.74, 6) is 0.632. The molecule has 6 heteroatoms.